The minimum absolute atomic E-state index is 0.00240. The van der Waals surface area contributed by atoms with Gasteiger partial charge in [0.1, 0.15) is 68.7 Å². The van der Waals surface area contributed by atoms with Crippen LogP contribution in [-0.4, -0.2) is 84.1 Å². The molecule has 11 rings (SSSR count). The quantitative estimate of drug-likeness (QED) is 0.0117. The Labute approximate surface area is 685 Å². The van der Waals surface area contributed by atoms with E-state index in [4.69, 9.17) is 9.47 Å². The standard InChI is InChI=1S/2C37H46N4O3.C16H14N4O7S2/c2*1-8-36(3,4)26-18-19-33(31(23-26)37(5,6)9-2)44-22-13-12-20-38-35(43)30-24-32(28-16-10-11-17-29(28)34(30)42)40-39-27-15-14-21-41(7)25-27;1-10-15(18-17-11-2-6-13(7-3-11)28(22,23)24)16(21)20(19-10)12-4-8-14(9-5-12)29(25,26)27/h2*10-11,14-19,21,23-25H,8-9,12-13,20,22H2,1-7H3,(H-,38,39,42,43);2-9,19H,1H3,(H,22,23,24)(H,25,26,27). The Hall–Kier alpha value is -11.7. The van der Waals surface area contributed by atoms with Gasteiger partial charge in [-0.2, -0.15) is 5.11 Å². The fourth-order valence-corrected chi connectivity index (χ4v) is 13.4. The Morgan fingerprint density at radius 2 is 0.863 bits per heavy atom. The van der Waals surface area contributed by atoms with Gasteiger partial charge in [-0.3, -0.25) is 19.5 Å². The summed E-state index contributed by atoms with van der Waals surface area (Å²) < 4.78 is 83.2. The van der Waals surface area contributed by atoms with Crippen molar-refractivity contribution >= 4 is 87.7 Å². The number of pyridine rings is 2. The molecule has 0 saturated heterocycles. The van der Waals surface area contributed by atoms with Gasteiger partial charge in [0.25, 0.3) is 17.4 Å². The number of aromatic amines is 1. The maximum Gasteiger partial charge on any atom is 0.299 e. The van der Waals surface area contributed by atoms with Crippen LogP contribution in [-0.2, 0) is 56.0 Å². The smallest absolute Gasteiger partial charge is 0.299 e. The van der Waals surface area contributed by atoms with Gasteiger partial charge in [-0.1, -0.05) is 156 Å². The fourth-order valence-electron chi connectivity index (χ4n) is 12.5. The molecule has 0 bridgehead atoms. The molecule has 0 radical (unpaired) electrons. The largest absolute Gasteiger partial charge is 0.744 e. The third-order valence-corrected chi connectivity index (χ3v) is 23.1. The van der Waals surface area contributed by atoms with Crippen LogP contribution in [0.2, 0.25) is 0 Å². The summed E-state index contributed by atoms with van der Waals surface area (Å²) in [5.41, 5.74) is 8.37. The number of azo groups is 3. The van der Waals surface area contributed by atoms with Crippen molar-refractivity contribution in [1.82, 2.24) is 20.4 Å². The number of rotatable bonds is 31. The zero-order valence-corrected chi connectivity index (χ0v) is 70.8. The number of phenolic OH excluding ortho intramolecular Hbond substituents is 2. The maximum atomic E-state index is 13.2. The van der Waals surface area contributed by atoms with Crippen molar-refractivity contribution in [1.29, 1.82) is 0 Å². The number of nitrogens with zero attached hydrogens (tertiary/aromatic N) is 9. The number of hydrogen-bond donors (Lipinski definition) is 5. The average Bonchev–Trinajstić information content (AvgIpc) is 1.58. The van der Waals surface area contributed by atoms with E-state index in [1.807, 2.05) is 109 Å². The summed E-state index contributed by atoms with van der Waals surface area (Å²) in [5.74, 6) is 1.04. The van der Waals surface area contributed by atoms with Crippen LogP contribution in [0.5, 0.6) is 23.0 Å². The predicted molar refractivity (Wildman–Crippen MR) is 453 cm³/mol. The number of unbranched alkanes of at least 4 members (excludes halogenated alkanes) is 2. The summed E-state index contributed by atoms with van der Waals surface area (Å²) in [7, 11) is -5.35. The van der Waals surface area contributed by atoms with E-state index in [9.17, 15) is 50.5 Å². The second kappa shape index (κ2) is 38.9. The molecule has 0 saturated carbocycles. The average molecular weight is 1630 g/mol. The van der Waals surface area contributed by atoms with E-state index in [0.717, 1.165) is 103 Å². The zero-order valence-electron chi connectivity index (χ0n) is 69.2. The van der Waals surface area contributed by atoms with Gasteiger partial charge in [-0.25, -0.2) is 30.7 Å². The van der Waals surface area contributed by atoms with E-state index >= 15 is 0 Å². The normalized spacial score (nSPS) is 12.2. The number of nitrogens with one attached hydrogen (secondary N) is 3. The second-order valence-corrected chi connectivity index (χ2v) is 34.1. The molecule has 8 aromatic carbocycles. The highest BCUT2D eigenvalue weighted by atomic mass is 32.2. The molecule has 0 fully saturated rings. The number of aryl methyl sites for hydroxylation is 3. The van der Waals surface area contributed by atoms with Crippen molar-refractivity contribution in [3.63, 3.8) is 0 Å². The second-order valence-electron chi connectivity index (χ2n) is 31.3. The molecule has 3 aromatic heterocycles. The summed E-state index contributed by atoms with van der Waals surface area (Å²) in [4.78, 5) is 38.1. The van der Waals surface area contributed by atoms with Crippen LogP contribution in [0.15, 0.2) is 240 Å². The number of phenols is 2. The van der Waals surface area contributed by atoms with Crippen molar-refractivity contribution in [3.05, 3.63) is 244 Å². The number of fused-ring (bicyclic) bond motifs is 2. The van der Waals surface area contributed by atoms with E-state index < -0.39 is 35.6 Å². The lowest BCUT2D eigenvalue weighted by Crippen LogP contribution is -2.25. The lowest BCUT2D eigenvalue weighted by Gasteiger charge is -2.30. The third-order valence-electron chi connectivity index (χ3n) is 21.4. The van der Waals surface area contributed by atoms with Gasteiger partial charge < -0.3 is 39.4 Å². The molecule has 3 heterocycles. The van der Waals surface area contributed by atoms with Gasteiger partial charge in [0.2, 0.25) is 0 Å². The monoisotopic (exact) mass is 1630 g/mol. The molecular formula is C90H106N12O13S2. The van der Waals surface area contributed by atoms with Crippen molar-refractivity contribution in [2.45, 2.75) is 173 Å². The topological polar surface area (TPSA) is 351 Å². The first-order valence-electron chi connectivity index (χ1n) is 39.1. The number of aromatic nitrogens is 4. The Morgan fingerprint density at radius 1 is 0.479 bits per heavy atom. The van der Waals surface area contributed by atoms with Crippen LogP contribution >= 0.6 is 0 Å². The van der Waals surface area contributed by atoms with E-state index in [1.165, 1.54) is 46.5 Å². The summed E-state index contributed by atoms with van der Waals surface area (Å²) >= 11 is 0. The maximum absolute atomic E-state index is 13.2. The fraction of sp³-hybridized carbons (Fsp3) is 0.344. The third kappa shape index (κ3) is 23.1. The van der Waals surface area contributed by atoms with Crippen LogP contribution < -0.4 is 34.8 Å². The minimum atomic E-state index is -4.60. The SMILES string of the molecule is CCC(C)(C)c1ccc(OCCCCNC(=O)c2cc(N=Nc3ccc[n+](C)c3)c3ccccc3c2O)c(C(C)(C)CC)c1.CCC(C)(C)c1ccc(OCCCCNC(=O)c2cc(N=Nc3ccc[n+](C)c3)c3ccccc3c2O)c(C(C)(C)CC)c1.Cc1[nH]n(-c2ccc(S(=O)(=O)[O-])cc2)c(=O)c1N=Nc1ccc(S(=O)(=O)[O-])cc1. The number of benzene rings is 8. The summed E-state index contributed by atoms with van der Waals surface area (Å²) in [6, 6.07) is 48.1. The Bertz CT molecular complexity index is 5510. The van der Waals surface area contributed by atoms with Gasteiger partial charge >= 0.3 is 0 Å². The van der Waals surface area contributed by atoms with Gasteiger partial charge in [0, 0.05) is 57.9 Å². The van der Waals surface area contributed by atoms with E-state index in [1.54, 1.807) is 31.2 Å². The number of amides is 2. The van der Waals surface area contributed by atoms with Crippen molar-refractivity contribution in [3.8, 4) is 28.7 Å². The van der Waals surface area contributed by atoms with E-state index in [-0.39, 0.29) is 73.2 Å². The highest BCUT2D eigenvalue weighted by molar-refractivity contribution is 7.86. The van der Waals surface area contributed by atoms with Crippen molar-refractivity contribution in [2.24, 2.45) is 44.8 Å². The van der Waals surface area contributed by atoms with Crippen molar-refractivity contribution < 1.29 is 64.4 Å². The zero-order chi connectivity index (χ0) is 85.2. The molecule has 0 aliphatic heterocycles. The number of aromatic hydroxyl groups is 2. The van der Waals surface area contributed by atoms with Gasteiger partial charge in [-0.15, -0.1) is 25.6 Å². The van der Waals surface area contributed by atoms with Gasteiger partial charge in [0.15, 0.2) is 30.5 Å². The Kier molecular flexibility index (Phi) is 29.7. The predicted octanol–water partition coefficient (Wildman–Crippen LogP) is 19.2. The minimum Gasteiger partial charge on any atom is -0.744 e. The summed E-state index contributed by atoms with van der Waals surface area (Å²) in [5, 5.41) is 58.5. The first-order valence-corrected chi connectivity index (χ1v) is 41.9. The molecule has 616 valence electrons. The number of carbonyl (C=O) groups excluding carboxylic acids is 2. The van der Waals surface area contributed by atoms with Crippen molar-refractivity contribution in [2.75, 3.05) is 26.3 Å². The number of hydrogen-bond acceptors (Lipinski definition) is 19. The molecular weight excluding hydrogens is 1520 g/mol. The molecule has 11 aromatic rings. The first-order chi connectivity index (χ1) is 55.4. The first kappa shape index (κ1) is 89.3. The lowest BCUT2D eigenvalue weighted by atomic mass is 9.76. The molecule has 0 atom stereocenters. The van der Waals surface area contributed by atoms with Crippen LogP contribution in [0.25, 0.3) is 27.2 Å². The molecule has 0 spiro atoms. The highest BCUT2D eigenvalue weighted by Crippen LogP contribution is 2.43. The molecule has 25 nitrogen and oxygen atoms in total. The Balaban J connectivity index is 0.000000205. The van der Waals surface area contributed by atoms with Crippen LogP contribution in [0.1, 0.15) is 183 Å². The van der Waals surface area contributed by atoms with Crippen LogP contribution in [0.3, 0.4) is 0 Å². The number of carbonyl (C=O) groups is 2. The molecule has 0 unspecified atom stereocenters. The molecule has 27 heteroatoms. The van der Waals surface area contributed by atoms with Crippen LogP contribution in [0, 0.1) is 6.92 Å². The Morgan fingerprint density at radius 3 is 1.25 bits per heavy atom. The molecule has 0 aliphatic rings. The molecule has 5 N–H and O–H groups in total. The molecule has 0 aliphatic carbocycles. The van der Waals surface area contributed by atoms with E-state index in [2.05, 4.69) is 166 Å². The summed E-state index contributed by atoms with van der Waals surface area (Å²) in [6.45, 7) is 30.7. The van der Waals surface area contributed by atoms with Gasteiger partial charge in [-0.05, 0) is 176 Å². The number of ether oxygens (including phenoxy) is 2. The summed E-state index contributed by atoms with van der Waals surface area (Å²) in [6.07, 6.45) is 14.8. The van der Waals surface area contributed by atoms with Crippen LogP contribution in [0.4, 0.5) is 34.1 Å². The highest BCUT2D eigenvalue weighted by Gasteiger charge is 2.29. The molecule has 117 heavy (non-hydrogen) atoms. The van der Waals surface area contributed by atoms with E-state index in [0.29, 0.717) is 65.5 Å². The lowest BCUT2D eigenvalue weighted by molar-refractivity contribution is -0.671. The number of H-pyrrole nitrogens is 1. The molecule has 2 amide bonds. The van der Waals surface area contributed by atoms with Gasteiger partial charge in [0.05, 0.1) is 62.6 Å².